The summed E-state index contributed by atoms with van der Waals surface area (Å²) in [5.74, 6) is -1.12. The van der Waals surface area contributed by atoms with Crippen molar-refractivity contribution in [3.8, 4) is 5.75 Å². The van der Waals surface area contributed by atoms with Gasteiger partial charge in [0.05, 0.1) is 6.20 Å². The van der Waals surface area contributed by atoms with E-state index in [2.05, 4.69) is 10.3 Å². The van der Waals surface area contributed by atoms with Crippen LogP contribution in [0.1, 0.15) is 6.92 Å². The molecule has 1 aromatic heterocycles. The maximum Gasteiger partial charge on any atom is 0.325 e. The lowest BCUT2D eigenvalue weighted by Crippen LogP contribution is -2.40. The van der Waals surface area contributed by atoms with Crippen LogP contribution >= 0.6 is 0 Å². The van der Waals surface area contributed by atoms with Crippen molar-refractivity contribution < 1.29 is 19.4 Å². The number of carbonyl (C=O) groups excluding carboxylic acids is 1. The molecule has 0 aliphatic heterocycles. The maximum absolute atomic E-state index is 11.2. The Labute approximate surface area is 92.3 Å². The molecule has 0 radical (unpaired) electrons. The Hall–Kier alpha value is -2.11. The van der Waals surface area contributed by atoms with E-state index < -0.39 is 17.9 Å². The van der Waals surface area contributed by atoms with Crippen molar-refractivity contribution in [2.45, 2.75) is 13.0 Å². The summed E-state index contributed by atoms with van der Waals surface area (Å²) in [4.78, 5) is 25.5. The average Bonchev–Trinajstić information content (AvgIpc) is 2.27. The van der Waals surface area contributed by atoms with Gasteiger partial charge in [0, 0.05) is 6.20 Å². The number of carboxylic acid groups (broad SMARTS) is 1. The molecule has 0 fully saturated rings. The highest BCUT2D eigenvalue weighted by Gasteiger charge is 2.13. The number of hydrogen-bond acceptors (Lipinski definition) is 4. The van der Waals surface area contributed by atoms with E-state index in [1.807, 2.05) is 0 Å². The third-order valence-electron chi connectivity index (χ3n) is 1.75. The van der Waals surface area contributed by atoms with Gasteiger partial charge in [-0.15, -0.1) is 0 Å². The lowest BCUT2D eigenvalue weighted by molar-refractivity contribution is -0.141. The lowest BCUT2D eigenvalue weighted by atomic mass is 10.3. The molecule has 1 aromatic rings. The van der Waals surface area contributed by atoms with Gasteiger partial charge in [0.15, 0.2) is 6.61 Å². The fraction of sp³-hybridized carbons (Fsp3) is 0.300. The Balaban J connectivity index is 2.33. The van der Waals surface area contributed by atoms with Crippen LogP contribution in [0.15, 0.2) is 24.5 Å². The second-order valence-electron chi connectivity index (χ2n) is 3.10. The van der Waals surface area contributed by atoms with Crippen LogP contribution in [0.2, 0.25) is 0 Å². The summed E-state index contributed by atoms with van der Waals surface area (Å²) in [6.45, 7) is 1.15. The normalized spacial score (nSPS) is 11.6. The zero-order valence-corrected chi connectivity index (χ0v) is 8.71. The fourth-order valence-electron chi connectivity index (χ4n) is 0.926. The SMILES string of the molecule is C[C@@H](NC(=O)COc1cccnc1)C(=O)O. The zero-order chi connectivity index (χ0) is 12.0. The van der Waals surface area contributed by atoms with Gasteiger partial charge in [-0.2, -0.15) is 0 Å². The molecule has 2 N–H and O–H groups in total. The largest absolute Gasteiger partial charge is 0.482 e. The molecule has 0 spiro atoms. The Morgan fingerprint density at radius 2 is 2.38 bits per heavy atom. The molecule has 1 rings (SSSR count). The van der Waals surface area contributed by atoms with Crippen LogP contribution in [0, 0.1) is 0 Å². The number of amides is 1. The number of carbonyl (C=O) groups is 2. The average molecular weight is 224 g/mol. The van der Waals surface area contributed by atoms with E-state index in [1.165, 1.54) is 13.1 Å². The number of aromatic nitrogens is 1. The number of carboxylic acids is 1. The first-order valence-corrected chi connectivity index (χ1v) is 4.64. The van der Waals surface area contributed by atoms with E-state index in [4.69, 9.17) is 9.84 Å². The van der Waals surface area contributed by atoms with Crippen molar-refractivity contribution in [3.05, 3.63) is 24.5 Å². The molecule has 0 aliphatic carbocycles. The highest BCUT2D eigenvalue weighted by Crippen LogP contribution is 2.05. The number of nitrogens with zero attached hydrogens (tertiary/aromatic N) is 1. The summed E-state index contributed by atoms with van der Waals surface area (Å²) in [6, 6.07) is 2.40. The first kappa shape index (κ1) is 12.0. The summed E-state index contributed by atoms with van der Waals surface area (Å²) < 4.78 is 5.08. The second kappa shape index (κ2) is 5.69. The van der Waals surface area contributed by atoms with Gasteiger partial charge in [0.1, 0.15) is 11.8 Å². The molecule has 0 unspecified atom stereocenters. The summed E-state index contributed by atoms with van der Waals surface area (Å²) in [7, 11) is 0. The van der Waals surface area contributed by atoms with E-state index >= 15 is 0 Å². The summed E-state index contributed by atoms with van der Waals surface area (Å²) in [5.41, 5.74) is 0. The molecule has 86 valence electrons. The summed E-state index contributed by atoms with van der Waals surface area (Å²) in [5, 5.41) is 10.8. The van der Waals surface area contributed by atoms with Crippen molar-refractivity contribution in [1.29, 1.82) is 0 Å². The number of nitrogens with one attached hydrogen (secondary N) is 1. The van der Waals surface area contributed by atoms with Crippen molar-refractivity contribution in [3.63, 3.8) is 0 Å². The Bertz CT molecular complexity index is 366. The van der Waals surface area contributed by atoms with E-state index in [1.54, 1.807) is 18.3 Å². The van der Waals surface area contributed by atoms with Crippen LogP contribution < -0.4 is 10.1 Å². The Kier molecular flexibility index (Phi) is 4.26. The van der Waals surface area contributed by atoms with Gasteiger partial charge in [-0.3, -0.25) is 14.6 Å². The van der Waals surface area contributed by atoms with E-state index in [-0.39, 0.29) is 6.61 Å². The zero-order valence-electron chi connectivity index (χ0n) is 8.71. The van der Waals surface area contributed by atoms with Crippen LogP contribution in [-0.4, -0.2) is 34.6 Å². The molecule has 1 amide bonds. The van der Waals surface area contributed by atoms with Crippen LogP contribution in [-0.2, 0) is 9.59 Å². The van der Waals surface area contributed by atoms with Gasteiger partial charge in [0.25, 0.3) is 5.91 Å². The molecule has 0 aromatic carbocycles. The molecule has 16 heavy (non-hydrogen) atoms. The first-order valence-electron chi connectivity index (χ1n) is 4.64. The lowest BCUT2D eigenvalue weighted by Gasteiger charge is -2.09. The number of hydrogen-bond donors (Lipinski definition) is 2. The van der Waals surface area contributed by atoms with Gasteiger partial charge in [-0.25, -0.2) is 0 Å². The third-order valence-corrected chi connectivity index (χ3v) is 1.75. The van der Waals surface area contributed by atoms with Crippen molar-refractivity contribution in [1.82, 2.24) is 10.3 Å². The number of ether oxygens (including phenoxy) is 1. The summed E-state index contributed by atoms with van der Waals surface area (Å²) in [6.07, 6.45) is 3.05. The predicted molar refractivity (Wildman–Crippen MR) is 55.0 cm³/mol. The molecule has 0 saturated carbocycles. The van der Waals surface area contributed by atoms with Crippen LogP contribution in [0.3, 0.4) is 0 Å². The number of pyridine rings is 1. The Morgan fingerprint density at radius 3 is 2.94 bits per heavy atom. The molecular formula is C10H12N2O4. The molecule has 0 bridgehead atoms. The molecule has 1 heterocycles. The van der Waals surface area contributed by atoms with Gasteiger partial charge in [0.2, 0.25) is 0 Å². The van der Waals surface area contributed by atoms with Crippen LogP contribution in [0.5, 0.6) is 5.75 Å². The predicted octanol–water partition coefficient (Wildman–Crippen LogP) is 0.0497. The molecule has 0 saturated heterocycles. The number of aliphatic carboxylic acids is 1. The van der Waals surface area contributed by atoms with Crippen molar-refractivity contribution >= 4 is 11.9 Å². The smallest absolute Gasteiger partial charge is 0.325 e. The van der Waals surface area contributed by atoms with Gasteiger partial charge in [-0.1, -0.05) is 0 Å². The topological polar surface area (TPSA) is 88.5 Å². The minimum atomic E-state index is -1.09. The summed E-state index contributed by atoms with van der Waals surface area (Å²) >= 11 is 0. The highest BCUT2D eigenvalue weighted by molar-refractivity contribution is 5.84. The monoisotopic (exact) mass is 224 g/mol. The quantitative estimate of drug-likeness (QED) is 0.737. The molecule has 0 aliphatic rings. The second-order valence-corrected chi connectivity index (χ2v) is 3.10. The van der Waals surface area contributed by atoms with E-state index in [0.717, 1.165) is 0 Å². The third kappa shape index (κ3) is 3.95. The highest BCUT2D eigenvalue weighted by atomic mass is 16.5. The van der Waals surface area contributed by atoms with Gasteiger partial charge >= 0.3 is 5.97 Å². The first-order chi connectivity index (χ1) is 7.59. The molecule has 1 atom stereocenters. The van der Waals surface area contributed by atoms with Crippen molar-refractivity contribution in [2.24, 2.45) is 0 Å². The minimum Gasteiger partial charge on any atom is -0.482 e. The number of rotatable bonds is 5. The molecular weight excluding hydrogens is 212 g/mol. The minimum absolute atomic E-state index is 0.233. The molecule has 6 heteroatoms. The van der Waals surface area contributed by atoms with Gasteiger partial charge < -0.3 is 15.2 Å². The van der Waals surface area contributed by atoms with Gasteiger partial charge in [-0.05, 0) is 19.1 Å². The van der Waals surface area contributed by atoms with Crippen molar-refractivity contribution in [2.75, 3.05) is 6.61 Å². The van der Waals surface area contributed by atoms with Crippen LogP contribution in [0.25, 0.3) is 0 Å². The van der Waals surface area contributed by atoms with Crippen LogP contribution in [0.4, 0.5) is 0 Å². The Morgan fingerprint density at radius 1 is 1.62 bits per heavy atom. The maximum atomic E-state index is 11.2. The van der Waals surface area contributed by atoms with E-state index in [9.17, 15) is 9.59 Å². The molecule has 6 nitrogen and oxygen atoms in total. The standard InChI is InChI=1S/C10H12N2O4/c1-7(10(14)15)12-9(13)6-16-8-3-2-4-11-5-8/h2-5,7H,6H2,1H3,(H,12,13)(H,14,15)/t7-/m1/s1. The van der Waals surface area contributed by atoms with E-state index in [0.29, 0.717) is 5.75 Å². The fourth-order valence-corrected chi connectivity index (χ4v) is 0.926.